The number of fused-ring (bicyclic) bond motifs is 3. The maximum absolute atomic E-state index is 15.1. The third-order valence-corrected chi connectivity index (χ3v) is 11.8. The van der Waals surface area contributed by atoms with Crippen LogP contribution >= 0.6 is 0 Å². The van der Waals surface area contributed by atoms with Gasteiger partial charge >= 0.3 is 0 Å². The van der Waals surface area contributed by atoms with Crippen molar-refractivity contribution in [3.63, 3.8) is 0 Å². The molecule has 19 nitrogen and oxygen atoms in total. The minimum atomic E-state index is -1.09. The number of hydrogen-bond acceptors (Lipinski definition) is 14. The van der Waals surface area contributed by atoms with E-state index in [0.29, 0.717) is 85.8 Å². The average molecular weight is 895 g/mol. The molecule has 5 amide bonds. The molecule has 3 aromatic heterocycles. The number of aromatic amines is 1. The number of ether oxygens (including phenoxy) is 2. The van der Waals surface area contributed by atoms with Crippen molar-refractivity contribution in [2.75, 3.05) is 61.5 Å². The Morgan fingerprint density at radius 2 is 1.69 bits per heavy atom. The number of halogens is 1. The number of nitrogens with one attached hydrogen (secondary N) is 5. The standard InChI is InChI=1S/C45H55FN12O7/c1-27(2)57-26-50-39-40(54-45(55-41(39)57)56-18-20-64-21-19-56)49-24-35-51-31-22-29(46)30(23-32(31)52-35)47-16-9-7-5-3-4-6-8-10-17-48-37(60)25-65-34-13-11-12-28-38(34)44(63)58(43(28)62)33-14-15-36(59)53-42(33)61/h11-13,22-23,26-27,33,47H,3-10,14-21,24-25H2,1-2H3,(H,48,60)(H,51,52)(H,49,54,55)(H,53,59,61). The molecule has 1 atom stereocenters. The van der Waals surface area contributed by atoms with Gasteiger partial charge in [-0.05, 0) is 51.3 Å². The van der Waals surface area contributed by atoms with Crippen LogP contribution in [0, 0.1) is 5.82 Å². The Hall–Kier alpha value is -6.70. The van der Waals surface area contributed by atoms with Crippen LogP contribution in [0.5, 0.6) is 5.75 Å². The number of piperidine rings is 1. The summed E-state index contributed by atoms with van der Waals surface area (Å²) in [4.78, 5) is 88.0. The number of carbonyl (C=O) groups is 5. The van der Waals surface area contributed by atoms with Crippen LogP contribution in [0.2, 0.25) is 0 Å². The normalized spacial score (nSPS) is 16.5. The number of hydrogen-bond donors (Lipinski definition) is 5. The molecule has 8 rings (SSSR count). The summed E-state index contributed by atoms with van der Waals surface area (Å²) in [5, 5.41) is 11.6. The molecule has 3 aliphatic heterocycles. The predicted molar refractivity (Wildman–Crippen MR) is 239 cm³/mol. The van der Waals surface area contributed by atoms with Gasteiger partial charge in [0.25, 0.3) is 17.7 Å². The average Bonchev–Trinajstić information content (AvgIpc) is 3.99. The van der Waals surface area contributed by atoms with Gasteiger partial charge in [-0.15, -0.1) is 0 Å². The van der Waals surface area contributed by atoms with Crippen molar-refractivity contribution in [1.29, 1.82) is 0 Å². The second-order valence-corrected chi connectivity index (χ2v) is 16.8. The highest BCUT2D eigenvalue weighted by atomic mass is 19.1. The quantitative estimate of drug-likeness (QED) is 0.0483. The van der Waals surface area contributed by atoms with E-state index in [4.69, 9.17) is 24.4 Å². The molecule has 65 heavy (non-hydrogen) atoms. The van der Waals surface area contributed by atoms with E-state index in [-0.39, 0.29) is 54.1 Å². The van der Waals surface area contributed by atoms with Gasteiger partial charge in [0.1, 0.15) is 23.4 Å². The number of carbonyl (C=O) groups excluding carboxylic acids is 5. The number of aromatic nitrogens is 6. The summed E-state index contributed by atoms with van der Waals surface area (Å²) in [5.41, 5.74) is 3.21. The van der Waals surface area contributed by atoms with Gasteiger partial charge in [0.2, 0.25) is 17.8 Å². The molecule has 6 heterocycles. The molecule has 5 N–H and O–H groups in total. The van der Waals surface area contributed by atoms with Crippen LogP contribution in [0.4, 0.5) is 21.8 Å². The Morgan fingerprint density at radius 1 is 0.938 bits per heavy atom. The van der Waals surface area contributed by atoms with Gasteiger partial charge in [0.15, 0.2) is 23.6 Å². The molecule has 5 aromatic rings. The molecule has 20 heteroatoms. The van der Waals surface area contributed by atoms with Crippen LogP contribution in [0.15, 0.2) is 36.7 Å². The molecule has 0 radical (unpaired) electrons. The summed E-state index contributed by atoms with van der Waals surface area (Å²) < 4.78 is 28.3. The SMILES string of the molecule is CC(C)n1cnc2c(NCc3nc4cc(NCCCCCCCCCCNC(=O)COc5cccc6c5C(=O)N(C5CCC(=O)NC5=O)C6=O)c(F)cc4[nH]3)nc(N3CCOCC3)nc21. The van der Waals surface area contributed by atoms with E-state index in [9.17, 15) is 24.0 Å². The van der Waals surface area contributed by atoms with E-state index in [1.165, 1.54) is 18.2 Å². The van der Waals surface area contributed by atoms with Crippen LogP contribution in [0.3, 0.4) is 0 Å². The molecule has 2 fully saturated rings. The second kappa shape index (κ2) is 20.4. The number of morpholine rings is 1. The molecule has 0 spiro atoms. The van der Waals surface area contributed by atoms with Crippen LogP contribution in [0.25, 0.3) is 22.2 Å². The fourth-order valence-electron chi connectivity index (χ4n) is 8.34. The van der Waals surface area contributed by atoms with Crippen molar-refractivity contribution in [2.45, 2.75) is 96.7 Å². The highest BCUT2D eigenvalue weighted by Crippen LogP contribution is 2.34. The zero-order chi connectivity index (χ0) is 45.5. The summed E-state index contributed by atoms with van der Waals surface area (Å²) in [6.45, 7) is 7.94. The Labute approximate surface area is 374 Å². The van der Waals surface area contributed by atoms with Gasteiger partial charge in [0.05, 0.1) is 53.9 Å². The molecule has 0 bridgehead atoms. The van der Waals surface area contributed by atoms with E-state index in [1.54, 1.807) is 18.5 Å². The van der Waals surface area contributed by atoms with E-state index in [0.717, 1.165) is 61.9 Å². The number of amides is 5. The predicted octanol–water partition coefficient (Wildman–Crippen LogP) is 5.00. The first-order chi connectivity index (χ1) is 31.5. The van der Waals surface area contributed by atoms with Crippen molar-refractivity contribution in [1.82, 2.24) is 45.0 Å². The van der Waals surface area contributed by atoms with Crippen molar-refractivity contribution in [2.24, 2.45) is 0 Å². The lowest BCUT2D eigenvalue weighted by molar-refractivity contribution is -0.136. The number of unbranched alkanes of at least 4 members (excludes halogenated alkanes) is 7. The first-order valence-corrected chi connectivity index (χ1v) is 22.5. The minimum absolute atomic E-state index is 0.00259. The summed E-state index contributed by atoms with van der Waals surface area (Å²) >= 11 is 0. The highest BCUT2D eigenvalue weighted by molar-refractivity contribution is 6.24. The second-order valence-electron chi connectivity index (χ2n) is 16.8. The molecule has 2 saturated heterocycles. The van der Waals surface area contributed by atoms with Crippen LogP contribution in [-0.2, 0) is 25.7 Å². The fraction of sp³-hybridized carbons (Fsp3) is 0.489. The Morgan fingerprint density at radius 3 is 2.45 bits per heavy atom. The lowest BCUT2D eigenvalue weighted by atomic mass is 10.0. The summed E-state index contributed by atoms with van der Waals surface area (Å²) in [5.74, 6) is -1.22. The molecule has 2 aromatic carbocycles. The van der Waals surface area contributed by atoms with Gasteiger partial charge in [0, 0.05) is 44.7 Å². The maximum atomic E-state index is 15.1. The van der Waals surface area contributed by atoms with E-state index >= 15 is 4.39 Å². The number of anilines is 3. The molecule has 0 saturated carbocycles. The summed E-state index contributed by atoms with van der Waals surface area (Å²) in [7, 11) is 0. The topological polar surface area (TPSA) is 231 Å². The lowest BCUT2D eigenvalue weighted by Crippen LogP contribution is -2.54. The number of rotatable bonds is 21. The van der Waals surface area contributed by atoms with Crippen LogP contribution in [0.1, 0.15) is 111 Å². The Bertz CT molecular complexity index is 2570. The van der Waals surface area contributed by atoms with E-state index in [1.807, 2.05) is 4.57 Å². The van der Waals surface area contributed by atoms with E-state index < -0.39 is 29.7 Å². The zero-order valence-electron chi connectivity index (χ0n) is 36.7. The first kappa shape index (κ1) is 44.9. The summed E-state index contributed by atoms with van der Waals surface area (Å²) in [6.07, 6.45) is 9.80. The largest absolute Gasteiger partial charge is 0.483 e. The Kier molecular flexibility index (Phi) is 14.1. The molecule has 344 valence electrons. The number of nitrogens with zero attached hydrogens (tertiary/aromatic N) is 7. The van der Waals surface area contributed by atoms with Crippen LogP contribution in [-0.4, -0.2) is 116 Å². The smallest absolute Gasteiger partial charge is 0.266 e. The number of benzene rings is 2. The van der Waals surface area contributed by atoms with Crippen molar-refractivity contribution >= 4 is 69.2 Å². The molecule has 0 aliphatic carbocycles. The van der Waals surface area contributed by atoms with Crippen molar-refractivity contribution < 1.29 is 37.8 Å². The first-order valence-electron chi connectivity index (χ1n) is 22.5. The van der Waals surface area contributed by atoms with Gasteiger partial charge in [-0.25, -0.2) is 14.4 Å². The monoisotopic (exact) mass is 894 g/mol. The third kappa shape index (κ3) is 10.3. The van der Waals surface area contributed by atoms with E-state index in [2.05, 4.69) is 50.0 Å². The molecule has 3 aliphatic rings. The van der Waals surface area contributed by atoms with Gasteiger partial charge < -0.3 is 39.9 Å². The fourth-order valence-corrected chi connectivity index (χ4v) is 8.34. The van der Waals surface area contributed by atoms with Gasteiger partial charge in [-0.2, -0.15) is 9.97 Å². The maximum Gasteiger partial charge on any atom is 0.266 e. The Balaban J connectivity index is 0.702. The van der Waals surface area contributed by atoms with Crippen LogP contribution < -0.4 is 30.9 Å². The number of H-pyrrole nitrogens is 1. The molecular weight excluding hydrogens is 840 g/mol. The van der Waals surface area contributed by atoms with Gasteiger partial charge in [-0.1, -0.05) is 44.6 Å². The van der Waals surface area contributed by atoms with Crippen molar-refractivity contribution in [3.05, 3.63) is 59.4 Å². The lowest BCUT2D eigenvalue weighted by Gasteiger charge is -2.27. The number of imidazole rings is 2. The zero-order valence-corrected chi connectivity index (χ0v) is 36.7. The van der Waals surface area contributed by atoms with Crippen molar-refractivity contribution in [3.8, 4) is 5.75 Å². The summed E-state index contributed by atoms with van der Waals surface area (Å²) in [6, 6.07) is 6.82. The molecule has 1 unspecified atom stereocenters. The highest BCUT2D eigenvalue weighted by Gasteiger charge is 2.46. The molecular formula is C45H55FN12O7. The third-order valence-electron chi connectivity index (χ3n) is 11.8. The number of imide groups is 2. The minimum Gasteiger partial charge on any atom is -0.483 e. The van der Waals surface area contributed by atoms with Gasteiger partial charge in [-0.3, -0.25) is 34.2 Å².